The second kappa shape index (κ2) is 5.58. The molecule has 1 heterocycles. The maximum absolute atomic E-state index is 13.0. The molecule has 0 aliphatic rings. The SMILES string of the molecule is CNCC(C)NCc1cc2ccc(F)cc2s1. The van der Waals surface area contributed by atoms with Crippen LogP contribution in [0.1, 0.15) is 11.8 Å². The van der Waals surface area contributed by atoms with Crippen molar-refractivity contribution in [3.63, 3.8) is 0 Å². The normalized spacial score (nSPS) is 13.1. The summed E-state index contributed by atoms with van der Waals surface area (Å²) >= 11 is 1.65. The Morgan fingerprint density at radius 1 is 1.35 bits per heavy atom. The highest BCUT2D eigenvalue weighted by molar-refractivity contribution is 7.19. The van der Waals surface area contributed by atoms with Crippen LogP contribution in [0.5, 0.6) is 0 Å². The van der Waals surface area contributed by atoms with Gasteiger partial charge >= 0.3 is 0 Å². The number of hydrogen-bond acceptors (Lipinski definition) is 3. The molecule has 0 amide bonds. The summed E-state index contributed by atoms with van der Waals surface area (Å²) in [5, 5.41) is 7.68. The molecule has 0 saturated heterocycles. The van der Waals surface area contributed by atoms with Crippen molar-refractivity contribution < 1.29 is 4.39 Å². The highest BCUT2D eigenvalue weighted by atomic mass is 32.1. The number of nitrogens with one attached hydrogen (secondary N) is 2. The maximum Gasteiger partial charge on any atom is 0.124 e. The summed E-state index contributed by atoms with van der Waals surface area (Å²) in [6.45, 7) is 3.92. The average Bonchev–Trinajstić information content (AvgIpc) is 2.68. The molecule has 0 bridgehead atoms. The summed E-state index contributed by atoms with van der Waals surface area (Å²) in [7, 11) is 1.94. The van der Waals surface area contributed by atoms with Gasteiger partial charge in [0.15, 0.2) is 0 Å². The predicted octanol–water partition coefficient (Wildman–Crippen LogP) is 2.74. The zero-order valence-corrected chi connectivity index (χ0v) is 10.9. The third-order valence-electron chi connectivity index (χ3n) is 2.67. The largest absolute Gasteiger partial charge is 0.318 e. The molecule has 1 unspecified atom stereocenters. The summed E-state index contributed by atoms with van der Waals surface area (Å²) in [4.78, 5) is 1.24. The molecular weight excluding hydrogens is 235 g/mol. The van der Waals surface area contributed by atoms with Crippen molar-refractivity contribution in [3.05, 3.63) is 35.0 Å². The van der Waals surface area contributed by atoms with Gasteiger partial charge in [-0.25, -0.2) is 4.39 Å². The molecule has 2 rings (SSSR count). The molecule has 2 N–H and O–H groups in total. The molecule has 17 heavy (non-hydrogen) atoms. The van der Waals surface area contributed by atoms with E-state index in [-0.39, 0.29) is 5.82 Å². The summed E-state index contributed by atoms with van der Waals surface area (Å²) in [6.07, 6.45) is 0. The number of likely N-dealkylation sites (N-methyl/N-ethyl adjacent to an activating group) is 1. The Morgan fingerprint density at radius 2 is 2.18 bits per heavy atom. The van der Waals surface area contributed by atoms with Gasteiger partial charge in [0.2, 0.25) is 0 Å². The van der Waals surface area contributed by atoms with Gasteiger partial charge in [-0.05, 0) is 37.6 Å². The van der Waals surface area contributed by atoms with Crippen molar-refractivity contribution in [2.24, 2.45) is 0 Å². The number of rotatable bonds is 5. The van der Waals surface area contributed by atoms with Crippen LogP contribution in [-0.4, -0.2) is 19.6 Å². The molecule has 4 heteroatoms. The Labute approximate surface area is 105 Å². The van der Waals surface area contributed by atoms with Crippen molar-refractivity contribution in [1.29, 1.82) is 0 Å². The van der Waals surface area contributed by atoms with Gasteiger partial charge in [0.25, 0.3) is 0 Å². The number of thiophene rings is 1. The van der Waals surface area contributed by atoms with Crippen LogP contribution in [0.4, 0.5) is 4.39 Å². The molecular formula is C13H17FN2S. The van der Waals surface area contributed by atoms with E-state index < -0.39 is 0 Å². The lowest BCUT2D eigenvalue weighted by Gasteiger charge is -2.11. The summed E-state index contributed by atoms with van der Waals surface area (Å²) in [6, 6.07) is 7.50. The Kier molecular flexibility index (Phi) is 4.10. The van der Waals surface area contributed by atoms with Gasteiger partial charge in [-0.1, -0.05) is 6.07 Å². The van der Waals surface area contributed by atoms with Crippen LogP contribution in [0.25, 0.3) is 10.1 Å². The molecule has 0 aliphatic carbocycles. The first-order valence-electron chi connectivity index (χ1n) is 5.75. The molecule has 92 valence electrons. The summed E-state index contributed by atoms with van der Waals surface area (Å²) in [5.74, 6) is -0.164. The standard InChI is InChI=1S/C13H17FN2S/c1-9(7-15-2)16-8-12-5-10-3-4-11(14)6-13(10)17-12/h3-6,9,15-16H,7-8H2,1-2H3. The minimum Gasteiger partial charge on any atom is -0.318 e. The second-order valence-electron chi connectivity index (χ2n) is 4.23. The van der Waals surface area contributed by atoms with E-state index in [1.54, 1.807) is 17.4 Å². The fourth-order valence-corrected chi connectivity index (χ4v) is 2.84. The fraction of sp³-hybridized carbons (Fsp3) is 0.385. The van der Waals surface area contributed by atoms with Crippen molar-refractivity contribution in [2.45, 2.75) is 19.5 Å². The van der Waals surface area contributed by atoms with Crippen LogP contribution in [0, 0.1) is 5.82 Å². The van der Waals surface area contributed by atoms with Crippen LogP contribution < -0.4 is 10.6 Å². The lowest BCUT2D eigenvalue weighted by atomic mass is 10.2. The molecule has 0 spiro atoms. The van der Waals surface area contributed by atoms with E-state index in [2.05, 4.69) is 23.6 Å². The molecule has 0 fully saturated rings. The molecule has 0 aliphatic heterocycles. The second-order valence-corrected chi connectivity index (χ2v) is 5.40. The van der Waals surface area contributed by atoms with Gasteiger partial charge in [-0.2, -0.15) is 0 Å². The van der Waals surface area contributed by atoms with Crippen LogP contribution in [0.2, 0.25) is 0 Å². The lowest BCUT2D eigenvalue weighted by Crippen LogP contribution is -2.34. The van der Waals surface area contributed by atoms with E-state index >= 15 is 0 Å². The molecule has 2 aromatic rings. The third kappa shape index (κ3) is 3.25. The quantitative estimate of drug-likeness (QED) is 0.855. The monoisotopic (exact) mass is 252 g/mol. The highest BCUT2D eigenvalue weighted by Gasteiger charge is 2.04. The van der Waals surface area contributed by atoms with Gasteiger partial charge in [0, 0.05) is 28.7 Å². The lowest BCUT2D eigenvalue weighted by molar-refractivity contribution is 0.526. The zero-order chi connectivity index (χ0) is 12.3. The fourth-order valence-electron chi connectivity index (χ4n) is 1.80. The molecule has 1 aromatic carbocycles. The Morgan fingerprint density at radius 3 is 2.94 bits per heavy atom. The number of halogens is 1. The first-order valence-corrected chi connectivity index (χ1v) is 6.56. The summed E-state index contributed by atoms with van der Waals surface area (Å²) < 4.78 is 14.1. The maximum atomic E-state index is 13.0. The topological polar surface area (TPSA) is 24.1 Å². The molecule has 0 radical (unpaired) electrons. The minimum absolute atomic E-state index is 0.164. The Hall–Kier alpha value is -0.970. The smallest absolute Gasteiger partial charge is 0.124 e. The van der Waals surface area contributed by atoms with Crippen molar-refractivity contribution in [1.82, 2.24) is 10.6 Å². The van der Waals surface area contributed by atoms with E-state index in [9.17, 15) is 4.39 Å². The molecule has 0 saturated carbocycles. The van der Waals surface area contributed by atoms with Gasteiger partial charge in [-0.15, -0.1) is 11.3 Å². The average molecular weight is 252 g/mol. The van der Waals surface area contributed by atoms with Crippen molar-refractivity contribution >= 4 is 21.4 Å². The molecule has 1 aromatic heterocycles. The first-order chi connectivity index (χ1) is 8.19. The Bertz CT molecular complexity index is 495. The van der Waals surface area contributed by atoms with Crippen LogP contribution >= 0.6 is 11.3 Å². The van der Waals surface area contributed by atoms with Crippen LogP contribution in [-0.2, 0) is 6.54 Å². The third-order valence-corrected chi connectivity index (χ3v) is 3.77. The van der Waals surface area contributed by atoms with E-state index in [0.29, 0.717) is 6.04 Å². The minimum atomic E-state index is -0.164. The highest BCUT2D eigenvalue weighted by Crippen LogP contribution is 2.26. The van der Waals surface area contributed by atoms with E-state index in [1.165, 1.54) is 10.9 Å². The van der Waals surface area contributed by atoms with Gasteiger partial charge in [0.05, 0.1) is 0 Å². The van der Waals surface area contributed by atoms with Gasteiger partial charge in [-0.3, -0.25) is 0 Å². The zero-order valence-electron chi connectivity index (χ0n) is 10.1. The van der Waals surface area contributed by atoms with Gasteiger partial charge in [0.1, 0.15) is 5.82 Å². The van der Waals surface area contributed by atoms with Crippen LogP contribution in [0.3, 0.4) is 0 Å². The summed E-state index contributed by atoms with van der Waals surface area (Å²) in [5.41, 5.74) is 0. The van der Waals surface area contributed by atoms with Crippen molar-refractivity contribution in [3.8, 4) is 0 Å². The van der Waals surface area contributed by atoms with Gasteiger partial charge < -0.3 is 10.6 Å². The number of benzene rings is 1. The molecule has 2 nitrogen and oxygen atoms in total. The predicted molar refractivity (Wildman–Crippen MR) is 72.0 cm³/mol. The first kappa shape index (κ1) is 12.5. The van der Waals surface area contributed by atoms with E-state index in [0.717, 1.165) is 23.2 Å². The van der Waals surface area contributed by atoms with Crippen molar-refractivity contribution in [2.75, 3.05) is 13.6 Å². The number of hydrogen-bond donors (Lipinski definition) is 2. The van der Waals surface area contributed by atoms with E-state index in [4.69, 9.17) is 0 Å². The van der Waals surface area contributed by atoms with E-state index in [1.807, 2.05) is 13.1 Å². The van der Waals surface area contributed by atoms with Crippen LogP contribution in [0.15, 0.2) is 24.3 Å². The number of fused-ring (bicyclic) bond motifs is 1. The molecule has 1 atom stereocenters. The Balaban J connectivity index is 2.04.